The molecule has 0 bridgehead atoms. The van der Waals surface area contributed by atoms with Gasteiger partial charge >= 0.3 is 0 Å². The number of hydrogen-bond acceptors (Lipinski definition) is 4. The molecule has 0 aromatic carbocycles. The van der Waals surface area contributed by atoms with Crippen molar-refractivity contribution in [1.82, 2.24) is 19.6 Å². The van der Waals surface area contributed by atoms with Crippen molar-refractivity contribution in [3.63, 3.8) is 0 Å². The van der Waals surface area contributed by atoms with Gasteiger partial charge in [-0.2, -0.15) is 14.6 Å². The van der Waals surface area contributed by atoms with Crippen molar-refractivity contribution >= 4 is 17.5 Å². The number of thioether (sulfide) groups is 1. The first-order chi connectivity index (χ1) is 7.43. The smallest absolute Gasteiger partial charge is 0.220 e. The van der Waals surface area contributed by atoms with Crippen molar-refractivity contribution in [2.24, 2.45) is 0 Å². The molecule has 2 aromatic heterocycles. The monoisotopic (exact) mass is 220 g/mol. The van der Waals surface area contributed by atoms with Gasteiger partial charge in [0.25, 0.3) is 5.78 Å². The Morgan fingerprint density at radius 1 is 1.27 bits per heavy atom. The highest BCUT2D eigenvalue weighted by Crippen LogP contribution is 2.34. The molecule has 0 N–H and O–H groups in total. The van der Waals surface area contributed by atoms with Crippen LogP contribution >= 0.6 is 11.8 Å². The van der Waals surface area contributed by atoms with Gasteiger partial charge in [-0.15, -0.1) is 11.8 Å². The summed E-state index contributed by atoms with van der Waals surface area (Å²) in [6, 6.07) is 2.02. The molecule has 0 atom stereocenters. The molecule has 0 amide bonds. The van der Waals surface area contributed by atoms with Crippen LogP contribution in [0.2, 0.25) is 0 Å². The third-order valence-corrected chi connectivity index (χ3v) is 4.09. The summed E-state index contributed by atoms with van der Waals surface area (Å²) in [5.74, 6) is 0.693. The van der Waals surface area contributed by atoms with Crippen molar-refractivity contribution in [2.45, 2.75) is 36.0 Å². The summed E-state index contributed by atoms with van der Waals surface area (Å²) in [6.07, 6.45) is 8.74. The molecule has 5 heteroatoms. The second kappa shape index (κ2) is 3.81. The molecule has 3 rings (SSSR count). The minimum absolute atomic E-state index is 0.693. The average molecular weight is 220 g/mol. The Labute approximate surface area is 92.1 Å². The number of rotatable bonds is 2. The highest BCUT2D eigenvalue weighted by Gasteiger charge is 2.17. The fraction of sp³-hybridized carbons (Fsp3) is 0.500. The zero-order valence-electron chi connectivity index (χ0n) is 8.33. The van der Waals surface area contributed by atoms with Crippen LogP contribution in [0.3, 0.4) is 0 Å². The number of nitrogens with zero attached hydrogens (tertiary/aromatic N) is 4. The average Bonchev–Trinajstić information content (AvgIpc) is 2.87. The molecule has 1 aliphatic rings. The second-order valence-corrected chi connectivity index (χ2v) is 5.10. The van der Waals surface area contributed by atoms with E-state index in [4.69, 9.17) is 0 Å². The molecule has 0 spiro atoms. The topological polar surface area (TPSA) is 43.1 Å². The lowest BCUT2D eigenvalue weighted by Crippen LogP contribution is -1.99. The fourth-order valence-corrected chi connectivity index (χ4v) is 3.26. The first-order valence-corrected chi connectivity index (χ1v) is 6.13. The van der Waals surface area contributed by atoms with Crippen LogP contribution < -0.4 is 0 Å². The summed E-state index contributed by atoms with van der Waals surface area (Å²) < 4.78 is 1.82. The number of hydrogen-bond donors (Lipinski definition) is 0. The van der Waals surface area contributed by atoms with E-state index in [0.29, 0.717) is 5.78 Å². The van der Waals surface area contributed by atoms with Crippen LogP contribution in [0.4, 0.5) is 0 Å². The van der Waals surface area contributed by atoms with Gasteiger partial charge in [0.2, 0.25) is 0 Å². The highest BCUT2D eigenvalue weighted by atomic mass is 32.2. The van der Waals surface area contributed by atoms with Gasteiger partial charge < -0.3 is 0 Å². The van der Waals surface area contributed by atoms with Gasteiger partial charge in [-0.05, 0) is 18.9 Å². The Kier molecular flexibility index (Phi) is 2.32. The SMILES string of the molecule is c1cc(SC2CCCC2)n2ncnc2n1. The van der Waals surface area contributed by atoms with Gasteiger partial charge in [-0.3, -0.25) is 0 Å². The van der Waals surface area contributed by atoms with Gasteiger partial charge in [-0.1, -0.05) is 12.8 Å². The summed E-state index contributed by atoms with van der Waals surface area (Å²) in [4.78, 5) is 8.23. The lowest BCUT2D eigenvalue weighted by molar-refractivity contribution is 0.828. The quantitative estimate of drug-likeness (QED) is 0.727. The maximum absolute atomic E-state index is 4.18. The highest BCUT2D eigenvalue weighted by molar-refractivity contribution is 7.99. The van der Waals surface area contributed by atoms with Crippen molar-refractivity contribution in [3.8, 4) is 0 Å². The molecule has 1 aliphatic carbocycles. The summed E-state index contributed by atoms with van der Waals surface area (Å²) in [7, 11) is 0. The molecule has 4 nitrogen and oxygen atoms in total. The summed E-state index contributed by atoms with van der Waals surface area (Å²) >= 11 is 1.91. The Bertz CT molecular complexity index is 461. The van der Waals surface area contributed by atoms with Gasteiger partial charge in [0.15, 0.2) is 0 Å². The minimum atomic E-state index is 0.693. The van der Waals surface area contributed by atoms with Crippen LogP contribution in [0.15, 0.2) is 23.6 Å². The third kappa shape index (κ3) is 1.71. The Morgan fingerprint density at radius 2 is 2.13 bits per heavy atom. The van der Waals surface area contributed by atoms with Crippen molar-refractivity contribution in [2.75, 3.05) is 0 Å². The standard InChI is InChI=1S/C10H12N4S/c1-2-4-8(3-1)15-9-5-6-11-10-12-7-13-14(9)10/h5-8H,1-4H2. The van der Waals surface area contributed by atoms with E-state index in [9.17, 15) is 0 Å². The van der Waals surface area contributed by atoms with Crippen molar-refractivity contribution in [3.05, 3.63) is 18.6 Å². The van der Waals surface area contributed by atoms with E-state index in [2.05, 4.69) is 15.1 Å². The predicted molar refractivity (Wildman–Crippen MR) is 58.9 cm³/mol. The van der Waals surface area contributed by atoms with E-state index in [1.54, 1.807) is 12.5 Å². The lowest BCUT2D eigenvalue weighted by atomic mass is 10.4. The molecule has 15 heavy (non-hydrogen) atoms. The van der Waals surface area contributed by atoms with Gasteiger partial charge in [-0.25, -0.2) is 4.98 Å². The predicted octanol–water partition coefficient (Wildman–Crippen LogP) is 2.16. The zero-order chi connectivity index (χ0) is 10.1. The van der Waals surface area contributed by atoms with E-state index < -0.39 is 0 Å². The third-order valence-electron chi connectivity index (χ3n) is 2.74. The summed E-state index contributed by atoms with van der Waals surface area (Å²) in [5.41, 5.74) is 0. The zero-order valence-corrected chi connectivity index (χ0v) is 9.15. The van der Waals surface area contributed by atoms with Crippen LogP contribution in [-0.2, 0) is 0 Å². The second-order valence-electron chi connectivity index (χ2n) is 3.78. The summed E-state index contributed by atoms with van der Waals surface area (Å²) in [6.45, 7) is 0. The Balaban J connectivity index is 1.92. The van der Waals surface area contributed by atoms with Crippen LogP contribution in [0, 0.1) is 0 Å². The van der Waals surface area contributed by atoms with Gasteiger partial charge in [0, 0.05) is 11.4 Å². The van der Waals surface area contributed by atoms with Crippen LogP contribution in [-0.4, -0.2) is 24.8 Å². The van der Waals surface area contributed by atoms with Gasteiger partial charge in [0.1, 0.15) is 11.4 Å². The molecule has 0 radical (unpaired) electrons. The van der Waals surface area contributed by atoms with Gasteiger partial charge in [0.05, 0.1) is 0 Å². The molecule has 0 saturated heterocycles. The van der Waals surface area contributed by atoms with E-state index in [-0.39, 0.29) is 0 Å². The van der Waals surface area contributed by atoms with Crippen molar-refractivity contribution < 1.29 is 0 Å². The Morgan fingerprint density at radius 3 is 3.00 bits per heavy atom. The first-order valence-electron chi connectivity index (χ1n) is 5.25. The largest absolute Gasteiger partial charge is 0.253 e. The number of aromatic nitrogens is 4. The Hall–Kier alpha value is -1.10. The minimum Gasteiger partial charge on any atom is -0.220 e. The molecule has 0 unspecified atom stereocenters. The summed E-state index contributed by atoms with van der Waals surface area (Å²) in [5, 5.41) is 6.09. The maximum Gasteiger partial charge on any atom is 0.253 e. The first kappa shape index (κ1) is 9.15. The molecule has 2 heterocycles. The molecular weight excluding hydrogens is 208 g/mol. The van der Waals surface area contributed by atoms with E-state index in [1.165, 1.54) is 25.7 Å². The normalized spacial score (nSPS) is 17.6. The maximum atomic E-state index is 4.18. The number of fused-ring (bicyclic) bond motifs is 1. The van der Waals surface area contributed by atoms with Crippen molar-refractivity contribution in [1.29, 1.82) is 0 Å². The van der Waals surface area contributed by atoms with E-state index >= 15 is 0 Å². The molecule has 1 saturated carbocycles. The molecule has 0 aliphatic heterocycles. The van der Waals surface area contributed by atoms with Crippen LogP contribution in [0.1, 0.15) is 25.7 Å². The van der Waals surface area contributed by atoms with E-state index in [1.807, 2.05) is 22.3 Å². The van der Waals surface area contributed by atoms with Crippen LogP contribution in [0.5, 0.6) is 0 Å². The molecule has 1 fully saturated rings. The molecule has 2 aromatic rings. The molecule has 78 valence electrons. The molecular formula is C10H12N4S. The van der Waals surface area contributed by atoms with E-state index in [0.717, 1.165) is 10.3 Å². The van der Waals surface area contributed by atoms with Crippen LogP contribution in [0.25, 0.3) is 5.78 Å². The lowest BCUT2D eigenvalue weighted by Gasteiger charge is -2.08. The fourth-order valence-electron chi connectivity index (χ4n) is 1.98.